The first-order chi connectivity index (χ1) is 14.1. The van der Waals surface area contributed by atoms with Crippen molar-refractivity contribution >= 4 is 23.2 Å². The Labute approximate surface area is 175 Å². The van der Waals surface area contributed by atoms with Crippen LogP contribution >= 0.6 is 11.6 Å². The molecule has 0 aliphatic carbocycles. The van der Waals surface area contributed by atoms with Crippen molar-refractivity contribution < 1.29 is 19.0 Å². The van der Waals surface area contributed by atoms with E-state index in [0.29, 0.717) is 36.2 Å². The third-order valence-electron chi connectivity index (χ3n) is 5.30. The molecule has 0 spiro atoms. The predicted octanol–water partition coefficient (Wildman–Crippen LogP) is 4.29. The van der Waals surface area contributed by atoms with E-state index >= 15 is 0 Å². The highest BCUT2D eigenvalue weighted by molar-refractivity contribution is 6.32. The van der Waals surface area contributed by atoms with Gasteiger partial charge in [-0.05, 0) is 55.3 Å². The number of hydrogen-bond donors (Lipinski definition) is 1. The number of carbonyl (C=O) groups excluding carboxylic acids is 1. The van der Waals surface area contributed by atoms with Gasteiger partial charge in [-0.3, -0.25) is 9.69 Å². The molecule has 2 aliphatic heterocycles. The second kappa shape index (κ2) is 8.93. The highest BCUT2D eigenvalue weighted by Crippen LogP contribution is 2.37. The van der Waals surface area contributed by atoms with Crippen LogP contribution < -0.4 is 19.5 Å². The number of halogens is 1. The highest BCUT2D eigenvalue weighted by Gasteiger charge is 2.28. The number of amides is 1. The zero-order valence-electron chi connectivity index (χ0n) is 16.4. The van der Waals surface area contributed by atoms with Crippen LogP contribution in [0.15, 0.2) is 36.4 Å². The molecule has 1 saturated heterocycles. The van der Waals surface area contributed by atoms with E-state index in [1.807, 2.05) is 6.07 Å². The zero-order chi connectivity index (χ0) is 20.2. The summed E-state index contributed by atoms with van der Waals surface area (Å²) in [5.74, 6) is 2.11. The summed E-state index contributed by atoms with van der Waals surface area (Å²) in [6.45, 7) is 2.55. The van der Waals surface area contributed by atoms with Crippen LogP contribution in [-0.4, -0.2) is 44.2 Å². The molecule has 1 amide bonds. The van der Waals surface area contributed by atoms with Crippen LogP contribution in [-0.2, 0) is 4.79 Å². The number of rotatable bonds is 5. The maximum Gasteiger partial charge on any atom is 0.238 e. The van der Waals surface area contributed by atoms with Crippen LogP contribution in [0.3, 0.4) is 0 Å². The Kier molecular flexibility index (Phi) is 6.11. The van der Waals surface area contributed by atoms with E-state index in [2.05, 4.69) is 22.3 Å². The van der Waals surface area contributed by atoms with Crippen molar-refractivity contribution in [3.63, 3.8) is 0 Å². The van der Waals surface area contributed by atoms with Gasteiger partial charge in [0.05, 0.1) is 31.9 Å². The molecule has 1 N–H and O–H groups in total. The first-order valence-corrected chi connectivity index (χ1v) is 10.3. The maximum absolute atomic E-state index is 12.6. The molecule has 2 aliphatic rings. The van der Waals surface area contributed by atoms with E-state index in [1.54, 1.807) is 25.3 Å². The van der Waals surface area contributed by atoms with Gasteiger partial charge in [0.15, 0.2) is 11.5 Å². The number of nitrogens with zero attached hydrogens (tertiary/aromatic N) is 1. The summed E-state index contributed by atoms with van der Waals surface area (Å²) in [5, 5.41) is 3.39. The lowest BCUT2D eigenvalue weighted by Gasteiger charge is -2.25. The van der Waals surface area contributed by atoms with Gasteiger partial charge < -0.3 is 19.5 Å². The highest BCUT2D eigenvalue weighted by atomic mass is 35.5. The van der Waals surface area contributed by atoms with Gasteiger partial charge in [-0.25, -0.2) is 0 Å². The topological polar surface area (TPSA) is 60.0 Å². The number of ether oxygens (including phenoxy) is 3. The lowest BCUT2D eigenvalue weighted by atomic mass is 10.0. The summed E-state index contributed by atoms with van der Waals surface area (Å²) < 4.78 is 16.7. The molecule has 0 saturated carbocycles. The van der Waals surface area contributed by atoms with Gasteiger partial charge >= 0.3 is 0 Å². The first kappa shape index (κ1) is 19.9. The number of methoxy groups -OCH3 is 1. The fourth-order valence-corrected chi connectivity index (χ4v) is 4.17. The van der Waals surface area contributed by atoms with Crippen LogP contribution in [0.4, 0.5) is 5.69 Å². The van der Waals surface area contributed by atoms with E-state index in [1.165, 1.54) is 0 Å². The van der Waals surface area contributed by atoms with Crippen LogP contribution in [0, 0.1) is 0 Å². The Bertz CT molecular complexity index is 889. The summed E-state index contributed by atoms with van der Waals surface area (Å²) >= 11 is 6.15. The van der Waals surface area contributed by atoms with Crippen molar-refractivity contribution in [3.8, 4) is 17.2 Å². The molecule has 2 aromatic rings. The molecule has 2 aromatic carbocycles. The molecule has 1 fully saturated rings. The Hall–Kier alpha value is -2.44. The van der Waals surface area contributed by atoms with Gasteiger partial charge in [0.2, 0.25) is 5.91 Å². The van der Waals surface area contributed by atoms with Crippen molar-refractivity contribution in [2.24, 2.45) is 0 Å². The Morgan fingerprint density at radius 2 is 2.00 bits per heavy atom. The number of hydrogen-bond acceptors (Lipinski definition) is 5. The quantitative estimate of drug-likeness (QED) is 0.788. The van der Waals surface area contributed by atoms with Crippen LogP contribution in [0.25, 0.3) is 0 Å². The van der Waals surface area contributed by atoms with Crippen molar-refractivity contribution in [1.82, 2.24) is 4.90 Å². The van der Waals surface area contributed by atoms with Gasteiger partial charge in [0.1, 0.15) is 5.75 Å². The number of carbonyl (C=O) groups is 1. The van der Waals surface area contributed by atoms with E-state index in [9.17, 15) is 4.79 Å². The summed E-state index contributed by atoms with van der Waals surface area (Å²) in [6, 6.07) is 11.5. The van der Waals surface area contributed by atoms with Crippen LogP contribution in [0.2, 0.25) is 5.02 Å². The first-order valence-electron chi connectivity index (χ1n) is 9.91. The zero-order valence-corrected chi connectivity index (χ0v) is 17.2. The minimum absolute atomic E-state index is 0.0625. The normalized spacial score (nSPS) is 18.9. The van der Waals surface area contributed by atoms with E-state index in [0.717, 1.165) is 42.9 Å². The third kappa shape index (κ3) is 4.60. The van der Waals surface area contributed by atoms with Gasteiger partial charge in [-0.2, -0.15) is 0 Å². The monoisotopic (exact) mass is 416 g/mol. The fourth-order valence-electron chi connectivity index (χ4n) is 3.91. The molecule has 2 heterocycles. The minimum atomic E-state index is -0.0625. The molecule has 29 heavy (non-hydrogen) atoms. The molecule has 4 rings (SSSR count). The van der Waals surface area contributed by atoms with E-state index < -0.39 is 0 Å². The summed E-state index contributed by atoms with van der Waals surface area (Å²) in [4.78, 5) is 14.8. The van der Waals surface area contributed by atoms with Crippen molar-refractivity contribution in [1.29, 1.82) is 0 Å². The van der Waals surface area contributed by atoms with Gasteiger partial charge in [0, 0.05) is 18.2 Å². The molecule has 0 bridgehead atoms. The molecular weight excluding hydrogens is 392 g/mol. The summed E-state index contributed by atoms with van der Waals surface area (Å²) in [6.07, 6.45) is 2.96. The predicted molar refractivity (Wildman–Crippen MR) is 112 cm³/mol. The number of nitrogens with one attached hydrogen (secondary N) is 1. The SMILES string of the molecule is COc1ccc(NC(=O)CN2CCC[C@@H]2c2ccc3c(c2)OCCCO3)cc1Cl. The Balaban J connectivity index is 1.43. The summed E-state index contributed by atoms with van der Waals surface area (Å²) in [7, 11) is 1.56. The maximum atomic E-state index is 12.6. The van der Waals surface area contributed by atoms with E-state index in [4.69, 9.17) is 25.8 Å². The van der Waals surface area contributed by atoms with Crippen molar-refractivity contribution in [2.45, 2.75) is 25.3 Å². The lowest BCUT2D eigenvalue weighted by molar-refractivity contribution is -0.117. The van der Waals surface area contributed by atoms with Gasteiger partial charge in [-0.15, -0.1) is 0 Å². The molecule has 154 valence electrons. The number of likely N-dealkylation sites (tertiary alicyclic amines) is 1. The molecule has 6 nitrogen and oxygen atoms in total. The molecule has 0 aromatic heterocycles. The third-order valence-corrected chi connectivity index (χ3v) is 5.60. The molecular formula is C22H25ClN2O4. The lowest BCUT2D eigenvalue weighted by Crippen LogP contribution is -2.32. The molecule has 7 heteroatoms. The number of anilines is 1. The Morgan fingerprint density at radius 3 is 2.79 bits per heavy atom. The van der Waals surface area contributed by atoms with Crippen LogP contribution in [0.1, 0.15) is 30.9 Å². The standard InChI is InChI=1S/C22H25ClN2O4/c1-27-19-8-6-16(13-17(19)23)24-22(26)14-25-9-2-4-18(25)15-5-7-20-21(12-15)29-11-3-10-28-20/h5-8,12-13,18H,2-4,9-11,14H2,1H3,(H,24,26)/t18-/m1/s1. The largest absolute Gasteiger partial charge is 0.495 e. The second-order valence-electron chi connectivity index (χ2n) is 7.28. The summed E-state index contributed by atoms with van der Waals surface area (Å²) in [5.41, 5.74) is 1.82. The Morgan fingerprint density at radius 1 is 1.17 bits per heavy atom. The molecule has 0 radical (unpaired) electrons. The molecule has 1 atom stereocenters. The molecule has 0 unspecified atom stereocenters. The second-order valence-corrected chi connectivity index (χ2v) is 7.69. The average molecular weight is 417 g/mol. The average Bonchev–Trinajstić information content (AvgIpc) is 3.03. The number of fused-ring (bicyclic) bond motifs is 1. The fraction of sp³-hybridized carbons (Fsp3) is 0.409. The van der Waals surface area contributed by atoms with Crippen LogP contribution in [0.5, 0.6) is 17.2 Å². The van der Waals surface area contributed by atoms with Crippen molar-refractivity contribution in [3.05, 3.63) is 47.0 Å². The minimum Gasteiger partial charge on any atom is -0.495 e. The number of benzene rings is 2. The van der Waals surface area contributed by atoms with E-state index in [-0.39, 0.29) is 11.9 Å². The van der Waals surface area contributed by atoms with Crippen molar-refractivity contribution in [2.75, 3.05) is 38.7 Å². The smallest absolute Gasteiger partial charge is 0.238 e. The van der Waals surface area contributed by atoms with Gasteiger partial charge in [-0.1, -0.05) is 17.7 Å². The van der Waals surface area contributed by atoms with Gasteiger partial charge in [0.25, 0.3) is 0 Å².